The zero-order chi connectivity index (χ0) is 16.8. The average molecular weight is 425 g/mol. The molecule has 2 aliphatic rings. The number of piperidine rings is 1. The van der Waals surface area contributed by atoms with E-state index in [0.29, 0.717) is 12.6 Å². The number of hydrogen-bond acceptors (Lipinski definition) is 4. The Balaban J connectivity index is 0.00000169. The van der Waals surface area contributed by atoms with Gasteiger partial charge in [0.25, 0.3) is 0 Å². The smallest absolute Gasteiger partial charge is 0.237 e. The Kier molecular flexibility index (Phi) is 10.7. The molecule has 1 aromatic carbocycles. The van der Waals surface area contributed by atoms with Gasteiger partial charge in [0.15, 0.2) is 0 Å². The molecule has 2 fully saturated rings. The van der Waals surface area contributed by atoms with Gasteiger partial charge in [-0.1, -0.05) is 11.6 Å². The molecule has 0 aliphatic carbocycles. The summed E-state index contributed by atoms with van der Waals surface area (Å²) in [5.74, 6) is 1.03. The van der Waals surface area contributed by atoms with Crippen LogP contribution in [0.2, 0.25) is 5.02 Å². The van der Waals surface area contributed by atoms with Crippen LogP contribution in [0.15, 0.2) is 24.3 Å². The van der Waals surface area contributed by atoms with Crippen molar-refractivity contribution in [2.75, 3.05) is 32.8 Å². The highest BCUT2D eigenvalue weighted by Gasteiger charge is 2.26. The second kappa shape index (κ2) is 11.9. The standard InChI is InChI=1S/C18H26ClN3O2.2ClH/c19-14-3-5-16(6-4-14)24-13-12-22-10-7-15(8-11-22)21-18(23)17-2-1-9-20-17;;/h3-6,15,17,20H,1-2,7-13H2,(H,21,23);2*1H. The van der Waals surface area contributed by atoms with Gasteiger partial charge < -0.3 is 15.4 Å². The quantitative estimate of drug-likeness (QED) is 0.737. The maximum Gasteiger partial charge on any atom is 0.237 e. The summed E-state index contributed by atoms with van der Waals surface area (Å²) in [5, 5.41) is 7.17. The molecule has 0 radical (unpaired) electrons. The molecule has 0 saturated carbocycles. The van der Waals surface area contributed by atoms with Crippen LogP contribution in [0.25, 0.3) is 0 Å². The summed E-state index contributed by atoms with van der Waals surface area (Å²) < 4.78 is 5.74. The van der Waals surface area contributed by atoms with Crippen molar-refractivity contribution in [1.82, 2.24) is 15.5 Å². The SMILES string of the molecule is Cl.Cl.O=C(NC1CCN(CCOc2ccc(Cl)cc2)CC1)C1CCCN1. The van der Waals surface area contributed by atoms with Gasteiger partial charge in [-0.2, -0.15) is 0 Å². The molecule has 0 bridgehead atoms. The molecule has 8 heteroatoms. The van der Waals surface area contributed by atoms with Crippen LogP contribution in [0.3, 0.4) is 0 Å². The fourth-order valence-corrected chi connectivity index (χ4v) is 3.46. The molecule has 0 aromatic heterocycles. The van der Waals surface area contributed by atoms with Crippen molar-refractivity contribution in [3.8, 4) is 5.75 Å². The Bertz CT molecular complexity index is 531. The van der Waals surface area contributed by atoms with Gasteiger partial charge in [-0.25, -0.2) is 0 Å². The largest absolute Gasteiger partial charge is 0.492 e. The van der Waals surface area contributed by atoms with Crippen LogP contribution in [0.5, 0.6) is 5.75 Å². The number of rotatable bonds is 6. The minimum Gasteiger partial charge on any atom is -0.492 e. The second-order valence-electron chi connectivity index (χ2n) is 6.58. The molecule has 0 spiro atoms. The Hall–Kier alpha value is -0.720. The predicted molar refractivity (Wildman–Crippen MR) is 110 cm³/mol. The molecule has 2 N–H and O–H groups in total. The molecular weight excluding hydrogens is 397 g/mol. The molecule has 2 heterocycles. The lowest BCUT2D eigenvalue weighted by atomic mass is 10.0. The highest BCUT2D eigenvalue weighted by molar-refractivity contribution is 6.30. The molecule has 3 rings (SSSR count). The van der Waals surface area contributed by atoms with Crippen LogP contribution in [-0.2, 0) is 4.79 Å². The van der Waals surface area contributed by atoms with E-state index in [4.69, 9.17) is 16.3 Å². The van der Waals surface area contributed by atoms with Crippen LogP contribution >= 0.6 is 36.4 Å². The molecule has 26 heavy (non-hydrogen) atoms. The van der Waals surface area contributed by atoms with Gasteiger partial charge >= 0.3 is 0 Å². The van der Waals surface area contributed by atoms with Crippen molar-refractivity contribution >= 4 is 42.3 Å². The highest BCUT2D eigenvalue weighted by Crippen LogP contribution is 2.16. The van der Waals surface area contributed by atoms with Crippen molar-refractivity contribution in [2.45, 2.75) is 37.8 Å². The lowest BCUT2D eigenvalue weighted by molar-refractivity contribution is -0.123. The number of halogens is 3. The van der Waals surface area contributed by atoms with E-state index in [1.165, 1.54) is 0 Å². The maximum atomic E-state index is 12.1. The van der Waals surface area contributed by atoms with E-state index in [0.717, 1.165) is 62.6 Å². The van der Waals surface area contributed by atoms with Crippen LogP contribution in [0.4, 0.5) is 0 Å². The third kappa shape index (κ3) is 7.12. The van der Waals surface area contributed by atoms with Gasteiger partial charge in [0.2, 0.25) is 5.91 Å². The van der Waals surface area contributed by atoms with Crippen molar-refractivity contribution < 1.29 is 9.53 Å². The van der Waals surface area contributed by atoms with E-state index in [1.807, 2.05) is 24.3 Å². The molecule has 2 aliphatic heterocycles. The molecule has 1 atom stereocenters. The van der Waals surface area contributed by atoms with E-state index in [-0.39, 0.29) is 36.8 Å². The van der Waals surface area contributed by atoms with Gasteiger partial charge in [-0.3, -0.25) is 9.69 Å². The zero-order valence-corrected chi connectivity index (χ0v) is 17.2. The summed E-state index contributed by atoms with van der Waals surface area (Å²) in [7, 11) is 0. The third-order valence-corrected chi connectivity index (χ3v) is 5.05. The van der Waals surface area contributed by atoms with E-state index in [9.17, 15) is 4.79 Å². The number of amides is 1. The van der Waals surface area contributed by atoms with Crippen LogP contribution < -0.4 is 15.4 Å². The lowest BCUT2D eigenvalue weighted by Crippen LogP contribution is -2.49. The second-order valence-corrected chi connectivity index (χ2v) is 7.01. The maximum absolute atomic E-state index is 12.1. The Morgan fingerprint density at radius 1 is 1.19 bits per heavy atom. The fraction of sp³-hybridized carbons (Fsp3) is 0.611. The first-order valence-electron chi connectivity index (χ1n) is 8.85. The molecule has 2 saturated heterocycles. The summed E-state index contributed by atoms with van der Waals surface area (Å²) >= 11 is 5.86. The molecule has 5 nitrogen and oxygen atoms in total. The first-order valence-corrected chi connectivity index (χ1v) is 9.23. The lowest BCUT2D eigenvalue weighted by Gasteiger charge is -2.32. The monoisotopic (exact) mass is 423 g/mol. The van der Waals surface area contributed by atoms with Crippen molar-refractivity contribution in [3.63, 3.8) is 0 Å². The number of hydrogen-bond donors (Lipinski definition) is 2. The average Bonchev–Trinajstić information content (AvgIpc) is 3.13. The van der Waals surface area contributed by atoms with Crippen molar-refractivity contribution in [2.24, 2.45) is 0 Å². The number of nitrogens with zero attached hydrogens (tertiary/aromatic N) is 1. The Labute approximate surface area is 173 Å². The van der Waals surface area contributed by atoms with E-state index in [2.05, 4.69) is 15.5 Å². The summed E-state index contributed by atoms with van der Waals surface area (Å²) in [6.45, 7) is 4.56. The minimum absolute atomic E-state index is 0. The van der Waals surface area contributed by atoms with Gasteiger partial charge in [0, 0.05) is 30.7 Å². The molecule has 1 unspecified atom stereocenters. The van der Waals surface area contributed by atoms with Gasteiger partial charge in [0.1, 0.15) is 12.4 Å². The van der Waals surface area contributed by atoms with Crippen LogP contribution in [-0.4, -0.2) is 55.7 Å². The predicted octanol–water partition coefficient (Wildman–Crippen LogP) is 2.90. The minimum atomic E-state index is 0. The van der Waals surface area contributed by atoms with E-state index < -0.39 is 0 Å². The summed E-state index contributed by atoms with van der Waals surface area (Å²) in [4.78, 5) is 14.5. The molecule has 1 aromatic rings. The number of benzene rings is 1. The normalized spacial score (nSPS) is 20.7. The van der Waals surface area contributed by atoms with Gasteiger partial charge in [-0.15, -0.1) is 24.8 Å². The number of carbonyl (C=O) groups is 1. The summed E-state index contributed by atoms with van der Waals surface area (Å²) in [6, 6.07) is 7.79. The molecular formula is C18H28Cl3N3O2. The van der Waals surface area contributed by atoms with E-state index >= 15 is 0 Å². The Morgan fingerprint density at radius 3 is 2.50 bits per heavy atom. The number of likely N-dealkylation sites (tertiary alicyclic amines) is 1. The fourth-order valence-electron chi connectivity index (χ4n) is 3.33. The Morgan fingerprint density at radius 2 is 1.88 bits per heavy atom. The van der Waals surface area contributed by atoms with Crippen LogP contribution in [0, 0.1) is 0 Å². The topological polar surface area (TPSA) is 53.6 Å². The number of carbonyl (C=O) groups excluding carboxylic acids is 1. The zero-order valence-electron chi connectivity index (χ0n) is 14.8. The number of nitrogens with one attached hydrogen (secondary N) is 2. The molecule has 148 valence electrons. The first kappa shape index (κ1) is 23.3. The summed E-state index contributed by atoms with van der Waals surface area (Å²) in [5.41, 5.74) is 0. The summed E-state index contributed by atoms with van der Waals surface area (Å²) in [6.07, 6.45) is 4.09. The van der Waals surface area contributed by atoms with Gasteiger partial charge in [-0.05, 0) is 56.5 Å². The van der Waals surface area contributed by atoms with Crippen molar-refractivity contribution in [1.29, 1.82) is 0 Å². The molecule has 1 amide bonds. The van der Waals surface area contributed by atoms with Crippen LogP contribution in [0.1, 0.15) is 25.7 Å². The highest BCUT2D eigenvalue weighted by atomic mass is 35.5. The van der Waals surface area contributed by atoms with E-state index in [1.54, 1.807) is 0 Å². The van der Waals surface area contributed by atoms with Gasteiger partial charge in [0.05, 0.1) is 6.04 Å². The van der Waals surface area contributed by atoms with Crippen molar-refractivity contribution in [3.05, 3.63) is 29.3 Å². The number of ether oxygens (including phenoxy) is 1. The first-order chi connectivity index (χ1) is 11.7. The third-order valence-electron chi connectivity index (χ3n) is 4.80.